The highest BCUT2D eigenvalue weighted by molar-refractivity contribution is 5.31. The average molecular weight is 233 g/mol. The van der Waals surface area contributed by atoms with Crippen LogP contribution in [0, 0.1) is 0 Å². The van der Waals surface area contributed by atoms with Crippen molar-refractivity contribution in [3.05, 3.63) is 40.1 Å². The van der Waals surface area contributed by atoms with Crippen LogP contribution in [0.1, 0.15) is 18.3 Å². The van der Waals surface area contributed by atoms with Gasteiger partial charge in [0.05, 0.1) is 29.8 Å². The molecule has 0 fully saturated rings. The summed E-state index contributed by atoms with van der Waals surface area (Å²) < 4.78 is 3.14. The van der Waals surface area contributed by atoms with Crippen LogP contribution < -0.4 is 11.3 Å². The Kier molecular flexibility index (Phi) is 2.95. The number of hydrogen-bond donors (Lipinski definition) is 1. The Bertz CT molecular complexity index is 584. The van der Waals surface area contributed by atoms with Gasteiger partial charge in [-0.05, 0) is 12.5 Å². The maximum atomic E-state index is 11.6. The van der Waals surface area contributed by atoms with E-state index in [1.807, 2.05) is 20.0 Å². The molecule has 0 saturated carbocycles. The van der Waals surface area contributed by atoms with Gasteiger partial charge in [0.1, 0.15) is 0 Å². The number of nitrogens with zero attached hydrogens (tertiary/aromatic N) is 4. The van der Waals surface area contributed by atoms with Crippen LogP contribution in [0.2, 0.25) is 0 Å². The summed E-state index contributed by atoms with van der Waals surface area (Å²) in [6, 6.07) is 3.34. The number of aromatic nitrogens is 4. The van der Waals surface area contributed by atoms with E-state index in [2.05, 4.69) is 10.2 Å². The third-order valence-electron chi connectivity index (χ3n) is 2.59. The van der Waals surface area contributed by atoms with Crippen LogP contribution in [-0.4, -0.2) is 19.6 Å². The Balaban J connectivity index is 2.31. The highest BCUT2D eigenvalue weighted by Gasteiger charge is 2.06. The third kappa shape index (κ3) is 2.35. The van der Waals surface area contributed by atoms with Gasteiger partial charge in [-0.25, -0.2) is 4.68 Å². The molecule has 0 aliphatic heterocycles. The van der Waals surface area contributed by atoms with Crippen LogP contribution in [0.25, 0.3) is 0 Å². The molecule has 0 amide bonds. The Hall–Kier alpha value is -2.11. The molecule has 2 rings (SSSR count). The van der Waals surface area contributed by atoms with Gasteiger partial charge in [0.15, 0.2) is 0 Å². The SMILES string of the molecule is CCc1cc(Cn2ncc(N)cc2=O)n(C)n1. The second kappa shape index (κ2) is 4.40. The van der Waals surface area contributed by atoms with Crippen LogP contribution in [0.4, 0.5) is 5.69 Å². The predicted octanol–water partition coefficient (Wildman–Crippen LogP) is 0.170. The number of aryl methyl sites for hydroxylation is 2. The van der Waals surface area contributed by atoms with Crippen molar-refractivity contribution >= 4 is 5.69 Å². The number of rotatable bonds is 3. The van der Waals surface area contributed by atoms with Crippen LogP contribution in [0.3, 0.4) is 0 Å². The minimum atomic E-state index is -0.204. The first-order valence-corrected chi connectivity index (χ1v) is 5.44. The lowest BCUT2D eigenvalue weighted by atomic mass is 10.3. The highest BCUT2D eigenvalue weighted by atomic mass is 16.1. The number of nitrogen functional groups attached to an aromatic ring is 1. The molecule has 0 unspecified atom stereocenters. The van der Waals surface area contributed by atoms with Gasteiger partial charge >= 0.3 is 0 Å². The number of hydrogen-bond acceptors (Lipinski definition) is 4. The maximum Gasteiger partial charge on any atom is 0.269 e. The Morgan fingerprint density at radius 3 is 2.76 bits per heavy atom. The zero-order chi connectivity index (χ0) is 12.4. The van der Waals surface area contributed by atoms with E-state index in [0.29, 0.717) is 12.2 Å². The number of anilines is 1. The minimum Gasteiger partial charge on any atom is -0.397 e. The molecule has 2 N–H and O–H groups in total. The quantitative estimate of drug-likeness (QED) is 0.819. The van der Waals surface area contributed by atoms with Gasteiger partial charge < -0.3 is 5.73 Å². The zero-order valence-corrected chi connectivity index (χ0v) is 9.92. The highest BCUT2D eigenvalue weighted by Crippen LogP contribution is 2.04. The first kappa shape index (κ1) is 11.4. The van der Waals surface area contributed by atoms with E-state index in [0.717, 1.165) is 17.8 Å². The zero-order valence-electron chi connectivity index (χ0n) is 9.92. The summed E-state index contributed by atoms with van der Waals surface area (Å²) in [4.78, 5) is 11.6. The molecule has 0 spiro atoms. The van der Waals surface area contributed by atoms with Gasteiger partial charge in [0.2, 0.25) is 0 Å². The van der Waals surface area contributed by atoms with E-state index in [1.165, 1.54) is 16.9 Å². The molecule has 17 heavy (non-hydrogen) atoms. The van der Waals surface area contributed by atoms with Gasteiger partial charge in [0.25, 0.3) is 5.56 Å². The molecule has 0 aliphatic carbocycles. The van der Waals surface area contributed by atoms with Gasteiger partial charge in [0, 0.05) is 13.1 Å². The summed E-state index contributed by atoms with van der Waals surface area (Å²) >= 11 is 0. The van der Waals surface area contributed by atoms with E-state index in [1.54, 1.807) is 4.68 Å². The topological polar surface area (TPSA) is 78.7 Å². The van der Waals surface area contributed by atoms with Crippen molar-refractivity contribution in [3.63, 3.8) is 0 Å². The summed E-state index contributed by atoms with van der Waals surface area (Å²) in [5, 5.41) is 8.31. The summed E-state index contributed by atoms with van der Waals surface area (Å²) in [6.07, 6.45) is 2.34. The van der Waals surface area contributed by atoms with E-state index < -0.39 is 0 Å². The smallest absolute Gasteiger partial charge is 0.269 e. The summed E-state index contributed by atoms with van der Waals surface area (Å²) in [5.74, 6) is 0. The van der Waals surface area contributed by atoms with Gasteiger partial charge in [-0.15, -0.1) is 0 Å². The largest absolute Gasteiger partial charge is 0.397 e. The first-order valence-electron chi connectivity index (χ1n) is 5.44. The fraction of sp³-hybridized carbons (Fsp3) is 0.364. The van der Waals surface area contributed by atoms with Crippen molar-refractivity contribution in [2.24, 2.45) is 7.05 Å². The normalized spacial score (nSPS) is 10.7. The third-order valence-corrected chi connectivity index (χ3v) is 2.59. The van der Waals surface area contributed by atoms with Crippen LogP contribution in [0.15, 0.2) is 23.1 Å². The Morgan fingerprint density at radius 2 is 2.18 bits per heavy atom. The van der Waals surface area contributed by atoms with Crippen molar-refractivity contribution in [2.45, 2.75) is 19.9 Å². The van der Waals surface area contributed by atoms with Gasteiger partial charge in [-0.3, -0.25) is 9.48 Å². The van der Waals surface area contributed by atoms with Crippen LogP contribution in [-0.2, 0) is 20.0 Å². The van der Waals surface area contributed by atoms with Gasteiger partial charge in [-0.1, -0.05) is 6.92 Å². The van der Waals surface area contributed by atoms with E-state index in [-0.39, 0.29) is 5.56 Å². The number of nitrogens with two attached hydrogens (primary N) is 1. The molecule has 2 aromatic heterocycles. The van der Waals surface area contributed by atoms with Crippen LogP contribution in [0.5, 0.6) is 0 Å². The lowest BCUT2D eigenvalue weighted by Gasteiger charge is -2.04. The molecule has 0 radical (unpaired) electrons. The Morgan fingerprint density at radius 1 is 1.41 bits per heavy atom. The van der Waals surface area contributed by atoms with Crippen molar-refractivity contribution in [1.82, 2.24) is 19.6 Å². The van der Waals surface area contributed by atoms with Crippen molar-refractivity contribution in [2.75, 3.05) is 5.73 Å². The van der Waals surface area contributed by atoms with Crippen molar-refractivity contribution < 1.29 is 0 Å². The summed E-state index contributed by atoms with van der Waals surface area (Å²) in [5.41, 5.74) is 7.61. The molecule has 0 aliphatic rings. The molecule has 0 bridgehead atoms. The molecule has 0 aromatic carbocycles. The molecule has 6 heteroatoms. The fourth-order valence-electron chi connectivity index (χ4n) is 1.61. The molecule has 6 nitrogen and oxygen atoms in total. The Labute approximate surface area is 98.7 Å². The molecule has 0 saturated heterocycles. The second-order valence-electron chi connectivity index (χ2n) is 3.89. The minimum absolute atomic E-state index is 0.204. The molecule has 2 heterocycles. The standard InChI is InChI=1S/C11H15N5O/c1-3-9-5-10(15(2)14-9)7-16-11(17)4-8(12)6-13-16/h4-6H,3,7,12H2,1-2H3. The molecular formula is C11H15N5O. The fourth-order valence-corrected chi connectivity index (χ4v) is 1.61. The molecule has 2 aromatic rings. The molecule has 0 atom stereocenters. The van der Waals surface area contributed by atoms with E-state index >= 15 is 0 Å². The first-order chi connectivity index (χ1) is 8.10. The molecular weight excluding hydrogens is 218 g/mol. The van der Waals surface area contributed by atoms with Crippen molar-refractivity contribution in [1.29, 1.82) is 0 Å². The summed E-state index contributed by atoms with van der Waals surface area (Å²) in [7, 11) is 1.86. The predicted molar refractivity (Wildman–Crippen MR) is 64.6 cm³/mol. The van der Waals surface area contributed by atoms with E-state index in [4.69, 9.17) is 5.73 Å². The van der Waals surface area contributed by atoms with Gasteiger partial charge in [-0.2, -0.15) is 10.2 Å². The monoisotopic (exact) mass is 233 g/mol. The van der Waals surface area contributed by atoms with E-state index in [9.17, 15) is 4.79 Å². The lowest BCUT2D eigenvalue weighted by Crippen LogP contribution is -2.23. The molecule has 90 valence electrons. The van der Waals surface area contributed by atoms with Crippen molar-refractivity contribution in [3.8, 4) is 0 Å². The second-order valence-corrected chi connectivity index (χ2v) is 3.89. The summed E-state index contributed by atoms with van der Waals surface area (Å²) in [6.45, 7) is 2.45. The maximum absolute atomic E-state index is 11.6. The lowest BCUT2D eigenvalue weighted by molar-refractivity contribution is 0.591. The average Bonchev–Trinajstić information content (AvgIpc) is 2.64. The van der Waals surface area contributed by atoms with Crippen LogP contribution >= 0.6 is 0 Å².